The molecule has 0 spiro atoms. The zero-order valence-corrected chi connectivity index (χ0v) is 11.3. The van der Waals surface area contributed by atoms with E-state index in [9.17, 15) is 4.79 Å². The summed E-state index contributed by atoms with van der Waals surface area (Å²) in [4.78, 5) is 15.4. The monoisotopic (exact) mass is 316 g/mol. The van der Waals surface area contributed by atoms with Crippen molar-refractivity contribution in [3.05, 3.63) is 58.8 Å². The summed E-state index contributed by atoms with van der Waals surface area (Å²) in [6.07, 6.45) is 1.69. The lowest BCUT2D eigenvalue weighted by molar-refractivity contribution is 0.0697. The van der Waals surface area contributed by atoms with Gasteiger partial charge < -0.3 is 5.11 Å². The Kier molecular flexibility index (Phi) is 2.83. The summed E-state index contributed by atoms with van der Waals surface area (Å²) < 4.78 is 2.59. The molecule has 0 atom stereocenters. The fourth-order valence-corrected chi connectivity index (χ4v) is 2.48. The van der Waals surface area contributed by atoms with Gasteiger partial charge in [-0.1, -0.05) is 28.1 Å². The van der Waals surface area contributed by atoms with Gasteiger partial charge >= 0.3 is 5.97 Å². The molecule has 3 rings (SSSR count). The van der Waals surface area contributed by atoms with E-state index in [0.717, 1.165) is 21.2 Å². The van der Waals surface area contributed by atoms with Gasteiger partial charge in [0.05, 0.1) is 16.6 Å². The van der Waals surface area contributed by atoms with E-state index >= 15 is 0 Å². The first-order chi connectivity index (χ1) is 9.15. The topological polar surface area (TPSA) is 55.1 Å². The van der Waals surface area contributed by atoms with Crippen LogP contribution in [0.2, 0.25) is 0 Å². The van der Waals surface area contributed by atoms with Crippen LogP contribution in [0.3, 0.4) is 0 Å². The number of carboxylic acids is 1. The molecule has 0 amide bonds. The van der Waals surface area contributed by atoms with Gasteiger partial charge in [-0.25, -0.2) is 9.78 Å². The van der Waals surface area contributed by atoms with Crippen molar-refractivity contribution in [1.29, 1.82) is 0 Å². The number of hydrogen-bond donors (Lipinski definition) is 1. The van der Waals surface area contributed by atoms with Gasteiger partial charge in [0, 0.05) is 10.2 Å². The number of halogens is 1. The predicted octanol–water partition coefficient (Wildman–Crippen LogP) is 3.49. The molecule has 94 valence electrons. The van der Waals surface area contributed by atoms with E-state index in [4.69, 9.17) is 5.11 Å². The molecule has 2 aromatic carbocycles. The minimum absolute atomic E-state index is 0.238. The third-order valence-electron chi connectivity index (χ3n) is 2.86. The molecule has 0 radical (unpaired) electrons. The standard InChI is InChI=1S/C14H9BrN2O2/c15-10-5-9(14(18)19)6-11(7-10)17-8-16-12-3-1-2-4-13(12)17/h1-8H,(H,18,19). The number of carbonyl (C=O) groups is 1. The Morgan fingerprint density at radius 1 is 1.21 bits per heavy atom. The molecular formula is C14H9BrN2O2. The van der Waals surface area contributed by atoms with E-state index in [2.05, 4.69) is 20.9 Å². The second-order valence-electron chi connectivity index (χ2n) is 4.11. The van der Waals surface area contributed by atoms with E-state index in [1.54, 1.807) is 18.5 Å². The molecule has 0 saturated heterocycles. The number of carboxylic acid groups (broad SMARTS) is 1. The highest BCUT2D eigenvalue weighted by atomic mass is 79.9. The molecule has 0 aliphatic carbocycles. The summed E-state index contributed by atoms with van der Waals surface area (Å²) in [6.45, 7) is 0. The molecule has 0 saturated carbocycles. The van der Waals surface area contributed by atoms with Gasteiger partial charge in [-0.2, -0.15) is 0 Å². The predicted molar refractivity (Wildman–Crippen MR) is 75.7 cm³/mol. The first-order valence-electron chi connectivity index (χ1n) is 5.61. The highest BCUT2D eigenvalue weighted by Gasteiger charge is 2.09. The van der Waals surface area contributed by atoms with Crippen LogP contribution < -0.4 is 0 Å². The van der Waals surface area contributed by atoms with Crippen LogP contribution >= 0.6 is 15.9 Å². The van der Waals surface area contributed by atoms with Crippen molar-refractivity contribution in [2.75, 3.05) is 0 Å². The summed E-state index contributed by atoms with van der Waals surface area (Å²) in [5, 5.41) is 9.10. The lowest BCUT2D eigenvalue weighted by Crippen LogP contribution is -1.99. The molecule has 1 heterocycles. The maximum atomic E-state index is 11.1. The molecule has 1 N–H and O–H groups in total. The minimum Gasteiger partial charge on any atom is -0.478 e. The van der Waals surface area contributed by atoms with Gasteiger partial charge in [-0.3, -0.25) is 4.57 Å². The summed E-state index contributed by atoms with van der Waals surface area (Å²) in [6, 6.07) is 12.8. The Morgan fingerprint density at radius 3 is 2.79 bits per heavy atom. The highest BCUT2D eigenvalue weighted by molar-refractivity contribution is 9.10. The zero-order chi connectivity index (χ0) is 13.4. The summed E-state index contributed by atoms with van der Waals surface area (Å²) in [5.74, 6) is -0.952. The second-order valence-corrected chi connectivity index (χ2v) is 5.02. The third kappa shape index (κ3) is 2.13. The highest BCUT2D eigenvalue weighted by Crippen LogP contribution is 2.22. The average molecular weight is 317 g/mol. The Balaban J connectivity index is 2.24. The number of para-hydroxylation sites is 2. The Bertz CT molecular complexity index is 780. The fourth-order valence-electron chi connectivity index (χ4n) is 2.00. The van der Waals surface area contributed by atoms with E-state index < -0.39 is 5.97 Å². The number of rotatable bonds is 2. The first-order valence-corrected chi connectivity index (χ1v) is 6.41. The number of fused-ring (bicyclic) bond motifs is 1. The number of hydrogen-bond acceptors (Lipinski definition) is 2. The largest absolute Gasteiger partial charge is 0.478 e. The first kappa shape index (κ1) is 11.9. The Hall–Kier alpha value is -2.14. The van der Waals surface area contributed by atoms with Crippen LogP contribution in [-0.4, -0.2) is 20.6 Å². The van der Waals surface area contributed by atoms with Crippen molar-refractivity contribution in [1.82, 2.24) is 9.55 Å². The van der Waals surface area contributed by atoms with Crippen molar-refractivity contribution < 1.29 is 9.90 Å². The molecule has 5 heteroatoms. The maximum Gasteiger partial charge on any atom is 0.335 e. The van der Waals surface area contributed by atoms with Crippen molar-refractivity contribution in [2.24, 2.45) is 0 Å². The number of imidazole rings is 1. The van der Waals surface area contributed by atoms with E-state index in [0.29, 0.717) is 0 Å². The fraction of sp³-hybridized carbons (Fsp3) is 0. The van der Waals surface area contributed by atoms with Crippen LogP contribution in [0.4, 0.5) is 0 Å². The van der Waals surface area contributed by atoms with E-state index in [1.165, 1.54) is 0 Å². The van der Waals surface area contributed by atoms with Gasteiger partial charge in [0.2, 0.25) is 0 Å². The van der Waals surface area contributed by atoms with Crippen molar-refractivity contribution in [3.63, 3.8) is 0 Å². The van der Waals surface area contributed by atoms with Crippen LogP contribution in [0.15, 0.2) is 53.3 Å². The molecule has 4 nitrogen and oxygen atoms in total. The van der Waals surface area contributed by atoms with Crippen molar-refractivity contribution >= 4 is 32.9 Å². The minimum atomic E-state index is -0.952. The lowest BCUT2D eigenvalue weighted by atomic mass is 10.2. The zero-order valence-electron chi connectivity index (χ0n) is 9.75. The molecule has 0 aliphatic heterocycles. The van der Waals surface area contributed by atoms with Gasteiger partial charge in [0.15, 0.2) is 0 Å². The van der Waals surface area contributed by atoms with Crippen molar-refractivity contribution in [2.45, 2.75) is 0 Å². The molecule has 0 bridgehead atoms. The number of aromatic nitrogens is 2. The van der Waals surface area contributed by atoms with Gasteiger partial charge in [0.25, 0.3) is 0 Å². The molecular weight excluding hydrogens is 308 g/mol. The molecule has 0 unspecified atom stereocenters. The molecule has 0 aliphatic rings. The molecule has 3 aromatic rings. The molecule has 0 fully saturated rings. The molecule has 19 heavy (non-hydrogen) atoms. The smallest absolute Gasteiger partial charge is 0.335 e. The number of aromatic carboxylic acids is 1. The van der Waals surface area contributed by atoms with Crippen LogP contribution in [-0.2, 0) is 0 Å². The van der Waals surface area contributed by atoms with Gasteiger partial charge in [0.1, 0.15) is 6.33 Å². The van der Waals surface area contributed by atoms with Gasteiger partial charge in [-0.15, -0.1) is 0 Å². The third-order valence-corrected chi connectivity index (χ3v) is 3.32. The lowest BCUT2D eigenvalue weighted by Gasteiger charge is -2.06. The van der Waals surface area contributed by atoms with E-state index in [-0.39, 0.29) is 5.56 Å². The average Bonchev–Trinajstić information content (AvgIpc) is 2.81. The Labute approximate surface area is 117 Å². The summed E-state index contributed by atoms with van der Waals surface area (Å²) in [7, 11) is 0. The van der Waals surface area contributed by atoms with Crippen LogP contribution in [0, 0.1) is 0 Å². The summed E-state index contributed by atoms with van der Waals surface area (Å²) in [5.41, 5.74) is 2.82. The second kappa shape index (κ2) is 4.51. The van der Waals surface area contributed by atoms with E-state index in [1.807, 2.05) is 34.9 Å². The van der Waals surface area contributed by atoms with Gasteiger partial charge in [-0.05, 0) is 30.3 Å². The van der Waals surface area contributed by atoms with Crippen LogP contribution in [0.25, 0.3) is 16.7 Å². The molecule has 1 aromatic heterocycles. The maximum absolute atomic E-state index is 11.1. The number of nitrogens with zero attached hydrogens (tertiary/aromatic N) is 2. The SMILES string of the molecule is O=C(O)c1cc(Br)cc(-n2cnc3ccccc32)c1. The van der Waals surface area contributed by atoms with Crippen molar-refractivity contribution in [3.8, 4) is 5.69 Å². The normalized spacial score (nSPS) is 10.8. The Morgan fingerprint density at radius 2 is 2.00 bits per heavy atom. The summed E-state index contributed by atoms with van der Waals surface area (Å²) >= 11 is 3.33. The van der Waals surface area contributed by atoms with Crippen LogP contribution in [0.5, 0.6) is 0 Å². The van der Waals surface area contributed by atoms with Crippen LogP contribution in [0.1, 0.15) is 10.4 Å². The quantitative estimate of drug-likeness (QED) is 0.787. The number of benzene rings is 2.